The van der Waals surface area contributed by atoms with Crippen molar-refractivity contribution < 1.29 is 4.79 Å². The number of nitrogens with one attached hydrogen (secondary N) is 1. The zero-order valence-corrected chi connectivity index (χ0v) is 11.2. The predicted octanol–water partition coefficient (Wildman–Crippen LogP) is 2.43. The maximum absolute atomic E-state index is 12.2. The van der Waals surface area contributed by atoms with Crippen LogP contribution < -0.4 is 10.2 Å². The van der Waals surface area contributed by atoms with Gasteiger partial charge in [-0.25, -0.2) is 0 Å². The van der Waals surface area contributed by atoms with Crippen molar-refractivity contribution in [2.75, 3.05) is 18.0 Å². The second kappa shape index (κ2) is 6.01. The number of anilines is 1. The number of para-hydroxylation sites is 1. The number of nitrogens with zero attached hydrogens (tertiary/aromatic N) is 1. The molecule has 18 heavy (non-hydrogen) atoms. The van der Waals surface area contributed by atoms with Crippen molar-refractivity contribution in [3.05, 3.63) is 30.3 Å². The van der Waals surface area contributed by atoms with Crippen LogP contribution >= 0.6 is 0 Å². The van der Waals surface area contributed by atoms with Gasteiger partial charge < -0.3 is 10.2 Å². The number of carbonyl (C=O) groups excluding carboxylic acids is 1. The van der Waals surface area contributed by atoms with E-state index in [9.17, 15) is 4.79 Å². The number of amides is 1. The van der Waals surface area contributed by atoms with Crippen molar-refractivity contribution in [1.29, 1.82) is 0 Å². The summed E-state index contributed by atoms with van der Waals surface area (Å²) in [5, 5.41) is 3.37. The molecule has 1 saturated heterocycles. The highest BCUT2D eigenvalue weighted by molar-refractivity contribution is 5.99. The van der Waals surface area contributed by atoms with E-state index in [0.29, 0.717) is 5.92 Å². The molecular formula is C15H22N2O. The van der Waals surface area contributed by atoms with Crippen LogP contribution in [0.15, 0.2) is 30.3 Å². The maximum Gasteiger partial charge on any atom is 0.244 e. The topological polar surface area (TPSA) is 32.3 Å². The van der Waals surface area contributed by atoms with Gasteiger partial charge in [0.05, 0.1) is 6.04 Å². The van der Waals surface area contributed by atoms with Gasteiger partial charge in [-0.15, -0.1) is 0 Å². The van der Waals surface area contributed by atoms with Gasteiger partial charge in [-0.3, -0.25) is 4.79 Å². The Morgan fingerprint density at radius 1 is 1.33 bits per heavy atom. The van der Waals surface area contributed by atoms with E-state index in [1.54, 1.807) is 0 Å². The van der Waals surface area contributed by atoms with Crippen molar-refractivity contribution in [2.24, 2.45) is 5.92 Å². The lowest BCUT2D eigenvalue weighted by atomic mass is 10.1. The molecule has 1 aromatic rings. The van der Waals surface area contributed by atoms with E-state index in [2.05, 4.69) is 19.2 Å². The summed E-state index contributed by atoms with van der Waals surface area (Å²) < 4.78 is 0. The number of hydrogen-bond donors (Lipinski definition) is 1. The highest BCUT2D eigenvalue weighted by Gasteiger charge is 2.31. The second-order valence-corrected chi connectivity index (χ2v) is 5.30. The zero-order chi connectivity index (χ0) is 13.0. The lowest BCUT2D eigenvalue weighted by Gasteiger charge is -2.17. The van der Waals surface area contributed by atoms with E-state index in [0.717, 1.165) is 31.6 Å². The minimum Gasteiger partial charge on any atom is -0.311 e. The zero-order valence-electron chi connectivity index (χ0n) is 11.2. The van der Waals surface area contributed by atoms with Crippen LogP contribution in [0.3, 0.4) is 0 Å². The Balaban J connectivity index is 1.89. The summed E-state index contributed by atoms with van der Waals surface area (Å²) in [5.41, 5.74) is 1.01. The van der Waals surface area contributed by atoms with Crippen LogP contribution in [0.2, 0.25) is 0 Å². The summed E-state index contributed by atoms with van der Waals surface area (Å²) in [7, 11) is 0. The lowest BCUT2D eigenvalue weighted by molar-refractivity contribution is -0.118. The normalized spacial score (nSPS) is 19.8. The fourth-order valence-electron chi connectivity index (χ4n) is 2.28. The Morgan fingerprint density at radius 2 is 2.06 bits per heavy atom. The first-order valence-electron chi connectivity index (χ1n) is 6.78. The Kier molecular flexibility index (Phi) is 4.37. The fourth-order valence-corrected chi connectivity index (χ4v) is 2.28. The molecule has 3 nitrogen and oxygen atoms in total. The van der Waals surface area contributed by atoms with E-state index < -0.39 is 0 Å². The van der Waals surface area contributed by atoms with Gasteiger partial charge in [-0.1, -0.05) is 32.0 Å². The van der Waals surface area contributed by atoms with Crippen LogP contribution in [0, 0.1) is 5.92 Å². The Hall–Kier alpha value is -1.35. The summed E-state index contributed by atoms with van der Waals surface area (Å²) in [4.78, 5) is 14.1. The third-order valence-corrected chi connectivity index (χ3v) is 3.39. The smallest absolute Gasteiger partial charge is 0.244 e. The molecule has 1 aromatic carbocycles. The maximum atomic E-state index is 12.2. The molecule has 0 aromatic heterocycles. The molecule has 1 unspecified atom stereocenters. The van der Waals surface area contributed by atoms with Crippen molar-refractivity contribution in [3.63, 3.8) is 0 Å². The van der Waals surface area contributed by atoms with Crippen molar-refractivity contribution in [1.82, 2.24) is 5.32 Å². The standard InChI is InChI=1S/C15H22N2O/c1-12(2)8-10-16-14-9-11-17(15(14)18)13-6-4-3-5-7-13/h3-7,12,14,16H,8-11H2,1-2H3. The molecule has 1 aliphatic heterocycles. The number of rotatable bonds is 5. The Morgan fingerprint density at radius 3 is 2.72 bits per heavy atom. The molecule has 1 heterocycles. The Bertz CT molecular complexity index is 389. The third kappa shape index (κ3) is 3.10. The van der Waals surface area contributed by atoms with E-state index >= 15 is 0 Å². The van der Waals surface area contributed by atoms with Crippen molar-refractivity contribution >= 4 is 11.6 Å². The van der Waals surface area contributed by atoms with E-state index in [-0.39, 0.29) is 11.9 Å². The third-order valence-electron chi connectivity index (χ3n) is 3.39. The van der Waals surface area contributed by atoms with E-state index in [1.807, 2.05) is 35.2 Å². The lowest BCUT2D eigenvalue weighted by Crippen LogP contribution is -2.39. The van der Waals surface area contributed by atoms with Crippen LogP contribution in [0.1, 0.15) is 26.7 Å². The quantitative estimate of drug-likeness (QED) is 0.865. The molecule has 0 spiro atoms. The van der Waals surface area contributed by atoms with Crippen LogP contribution in [0.5, 0.6) is 0 Å². The fraction of sp³-hybridized carbons (Fsp3) is 0.533. The number of carbonyl (C=O) groups is 1. The SMILES string of the molecule is CC(C)CCNC1CCN(c2ccccc2)C1=O. The average molecular weight is 246 g/mol. The first-order valence-corrected chi connectivity index (χ1v) is 6.78. The van der Waals surface area contributed by atoms with Crippen molar-refractivity contribution in [3.8, 4) is 0 Å². The minimum atomic E-state index is 0.00366. The number of benzene rings is 1. The Labute approximate surface area is 109 Å². The molecule has 0 saturated carbocycles. The minimum absolute atomic E-state index is 0.00366. The van der Waals surface area contributed by atoms with Gasteiger partial charge in [0.25, 0.3) is 0 Å². The first kappa shape index (κ1) is 13.1. The molecule has 1 fully saturated rings. The molecule has 0 aliphatic carbocycles. The van der Waals surface area contributed by atoms with E-state index in [4.69, 9.17) is 0 Å². The van der Waals surface area contributed by atoms with Gasteiger partial charge in [0.1, 0.15) is 0 Å². The average Bonchev–Trinajstić information content (AvgIpc) is 2.72. The molecule has 98 valence electrons. The highest BCUT2D eigenvalue weighted by Crippen LogP contribution is 2.21. The van der Waals surface area contributed by atoms with Crippen LogP contribution in [-0.4, -0.2) is 25.0 Å². The van der Waals surface area contributed by atoms with Crippen molar-refractivity contribution in [2.45, 2.75) is 32.7 Å². The van der Waals surface area contributed by atoms with Crippen LogP contribution in [0.25, 0.3) is 0 Å². The molecular weight excluding hydrogens is 224 g/mol. The molecule has 1 N–H and O–H groups in total. The molecule has 2 rings (SSSR count). The van der Waals surface area contributed by atoms with Gasteiger partial charge in [-0.05, 0) is 37.4 Å². The van der Waals surface area contributed by atoms with Gasteiger partial charge in [0, 0.05) is 12.2 Å². The molecule has 3 heteroatoms. The second-order valence-electron chi connectivity index (χ2n) is 5.30. The first-order chi connectivity index (χ1) is 8.68. The summed E-state index contributed by atoms with van der Waals surface area (Å²) in [6, 6.07) is 9.92. The molecule has 1 atom stereocenters. The van der Waals surface area contributed by atoms with Gasteiger partial charge in [0.2, 0.25) is 5.91 Å². The summed E-state index contributed by atoms with van der Waals surface area (Å²) in [6.07, 6.45) is 2.03. The summed E-state index contributed by atoms with van der Waals surface area (Å²) in [6.45, 7) is 6.15. The molecule has 0 bridgehead atoms. The van der Waals surface area contributed by atoms with Gasteiger partial charge in [0.15, 0.2) is 0 Å². The molecule has 1 amide bonds. The summed E-state index contributed by atoms with van der Waals surface area (Å²) in [5.74, 6) is 0.893. The highest BCUT2D eigenvalue weighted by atomic mass is 16.2. The largest absolute Gasteiger partial charge is 0.311 e. The van der Waals surface area contributed by atoms with E-state index in [1.165, 1.54) is 0 Å². The molecule has 0 radical (unpaired) electrons. The van der Waals surface area contributed by atoms with Crippen LogP contribution in [0.4, 0.5) is 5.69 Å². The molecule has 1 aliphatic rings. The van der Waals surface area contributed by atoms with Gasteiger partial charge >= 0.3 is 0 Å². The monoisotopic (exact) mass is 246 g/mol. The summed E-state index contributed by atoms with van der Waals surface area (Å²) >= 11 is 0. The van der Waals surface area contributed by atoms with Crippen LogP contribution in [-0.2, 0) is 4.79 Å². The predicted molar refractivity (Wildman–Crippen MR) is 74.7 cm³/mol. The van der Waals surface area contributed by atoms with Gasteiger partial charge in [-0.2, -0.15) is 0 Å². The number of hydrogen-bond acceptors (Lipinski definition) is 2.